The molecule has 0 aromatic carbocycles. The molecule has 1 aliphatic rings. The standard InChI is InChI=1S/C21H42N2O2/c1-3-5-6-7-8-9-10-11-12-13-14-15-21(24)25-20-19-22-16-18-23(20)17-4-2/h20,22H,3-19H2,1-2H3. The number of piperazine rings is 1. The van der Waals surface area contributed by atoms with Gasteiger partial charge < -0.3 is 10.1 Å². The Bertz CT molecular complexity index is 321. The molecule has 1 atom stereocenters. The quantitative estimate of drug-likeness (QED) is 0.336. The van der Waals surface area contributed by atoms with E-state index in [0.29, 0.717) is 6.42 Å². The lowest BCUT2D eigenvalue weighted by molar-refractivity contribution is -0.161. The molecule has 4 nitrogen and oxygen atoms in total. The van der Waals surface area contributed by atoms with Crippen molar-refractivity contribution < 1.29 is 9.53 Å². The Kier molecular flexibility index (Phi) is 14.0. The molecule has 1 unspecified atom stereocenters. The lowest BCUT2D eigenvalue weighted by Gasteiger charge is -2.35. The van der Waals surface area contributed by atoms with E-state index in [1.807, 2.05) is 0 Å². The highest BCUT2D eigenvalue weighted by atomic mass is 16.6. The van der Waals surface area contributed by atoms with Crippen molar-refractivity contribution in [2.75, 3.05) is 26.2 Å². The second-order valence-corrected chi connectivity index (χ2v) is 7.47. The summed E-state index contributed by atoms with van der Waals surface area (Å²) in [6.45, 7) is 8.19. The van der Waals surface area contributed by atoms with Crippen LogP contribution in [0.25, 0.3) is 0 Å². The minimum Gasteiger partial charge on any atom is -0.445 e. The van der Waals surface area contributed by atoms with Gasteiger partial charge in [-0.2, -0.15) is 0 Å². The summed E-state index contributed by atoms with van der Waals surface area (Å²) in [7, 11) is 0. The van der Waals surface area contributed by atoms with Gasteiger partial charge in [-0.3, -0.25) is 9.69 Å². The molecular formula is C21H42N2O2. The van der Waals surface area contributed by atoms with Crippen molar-refractivity contribution in [2.45, 2.75) is 104 Å². The Morgan fingerprint density at radius 2 is 1.52 bits per heavy atom. The SMILES string of the molecule is CCCCCCCCCCCCCC(=O)OC1CNCCN1CCC. The molecular weight excluding hydrogens is 312 g/mol. The summed E-state index contributed by atoms with van der Waals surface area (Å²) >= 11 is 0. The van der Waals surface area contributed by atoms with Gasteiger partial charge in [-0.1, -0.05) is 78.1 Å². The summed E-state index contributed by atoms with van der Waals surface area (Å²) in [6, 6.07) is 0. The fourth-order valence-electron chi connectivity index (χ4n) is 3.52. The Morgan fingerprint density at radius 3 is 2.12 bits per heavy atom. The first-order chi connectivity index (χ1) is 12.3. The van der Waals surface area contributed by atoms with E-state index in [9.17, 15) is 4.79 Å². The van der Waals surface area contributed by atoms with Crippen molar-refractivity contribution in [1.29, 1.82) is 0 Å². The van der Waals surface area contributed by atoms with Gasteiger partial charge in [0, 0.05) is 32.6 Å². The molecule has 0 radical (unpaired) electrons. The van der Waals surface area contributed by atoms with Crippen LogP contribution in [0.4, 0.5) is 0 Å². The molecule has 148 valence electrons. The van der Waals surface area contributed by atoms with Gasteiger partial charge in [0.15, 0.2) is 6.23 Å². The summed E-state index contributed by atoms with van der Waals surface area (Å²) in [4.78, 5) is 14.3. The summed E-state index contributed by atoms with van der Waals surface area (Å²) in [5, 5.41) is 3.32. The number of unbranched alkanes of at least 4 members (excludes halogenated alkanes) is 10. The molecule has 1 aliphatic heterocycles. The highest BCUT2D eigenvalue weighted by molar-refractivity contribution is 5.69. The average Bonchev–Trinajstić information content (AvgIpc) is 2.61. The maximum atomic E-state index is 12.0. The predicted molar refractivity (Wildman–Crippen MR) is 106 cm³/mol. The van der Waals surface area contributed by atoms with Gasteiger partial charge in [-0.15, -0.1) is 0 Å². The number of rotatable bonds is 15. The zero-order valence-electron chi connectivity index (χ0n) is 16.9. The van der Waals surface area contributed by atoms with Crippen molar-refractivity contribution in [3.63, 3.8) is 0 Å². The van der Waals surface area contributed by atoms with E-state index in [1.165, 1.54) is 57.8 Å². The normalized spacial score (nSPS) is 18.4. The number of nitrogens with zero attached hydrogens (tertiary/aromatic N) is 1. The molecule has 1 saturated heterocycles. The van der Waals surface area contributed by atoms with Gasteiger partial charge in [-0.05, 0) is 12.8 Å². The van der Waals surface area contributed by atoms with Gasteiger partial charge in [0.25, 0.3) is 0 Å². The van der Waals surface area contributed by atoms with Crippen LogP contribution < -0.4 is 5.32 Å². The minimum atomic E-state index is -0.0612. The number of nitrogens with one attached hydrogen (secondary N) is 1. The molecule has 25 heavy (non-hydrogen) atoms. The zero-order chi connectivity index (χ0) is 18.2. The lowest BCUT2D eigenvalue weighted by atomic mass is 10.1. The molecule has 4 heteroatoms. The molecule has 0 aliphatic carbocycles. The highest BCUT2D eigenvalue weighted by Gasteiger charge is 2.24. The molecule has 0 aromatic heterocycles. The number of esters is 1. The summed E-state index contributed by atoms with van der Waals surface area (Å²) in [5.41, 5.74) is 0. The van der Waals surface area contributed by atoms with Gasteiger partial charge in [0.1, 0.15) is 0 Å². The van der Waals surface area contributed by atoms with Crippen LogP contribution in [-0.2, 0) is 9.53 Å². The van der Waals surface area contributed by atoms with Crippen molar-refractivity contribution >= 4 is 5.97 Å². The zero-order valence-corrected chi connectivity index (χ0v) is 16.9. The maximum Gasteiger partial charge on any atom is 0.307 e. The van der Waals surface area contributed by atoms with E-state index in [0.717, 1.165) is 45.4 Å². The van der Waals surface area contributed by atoms with E-state index in [2.05, 4.69) is 24.1 Å². The monoisotopic (exact) mass is 354 g/mol. The van der Waals surface area contributed by atoms with Crippen LogP contribution in [0.2, 0.25) is 0 Å². The average molecular weight is 355 g/mol. The smallest absolute Gasteiger partial charge is 0.307 e. The third-order valence-corrected chi connectivity index (χ3v) is 5.06. The van der Waals surface area contributed by atoms with Crippen molar-refractivity contribution in [2.24, 2.45) is 0 Å². The van der Waals surface area contributed by atoms with Gasteiger partial charge in [0.05, 0.1) is 0 Å². The topological polar surface area (TPSA) is 41.6 Å². The summed E-state index contributed by atoms with van der Waals surface area (Å²) < 4.78 is 5.67. The summed E-state index contributed by atoms with van der Waals surface area (Å²) in [6.07, 6.45) is 16.0. The van der Waals surface area contributed by atoms with E-state index in [4.69, 9.17) is 4.74 Å². The molecule has 0 aromatic rings. The predicted octanol–water partition coefficient (Wildman–Crippen LogP) is 4.87. The van der Waals surface area contributed by atoms with Crippen molar-refractivity contribution in [1.82, 2.24) is 10.2 Å². The fourth-order valence-corrected chi connectivity index (χ4v) is 3.52. The Balaban J connectivity index is 1.94. The number of hydrogen-bond acceptors (Lipinski definition) is 4. The largest absolute Gasteiger partial charge is 0.445 e. The van der Waals surface area contributed by atoms with Crippen molar-refractivity contribution in [3.8, 4) is 0 Å². The van der Waals surface area contributed by atoms with Crippen LogP contribution in [0.1, 0.15) is 97.3 Å². The Morgan fingerprint density at radius 1 is 0.920 bits per heavy atom. The van der Waals surface area contributed by atoms with E-state index in [-0.39, 0.29) is 12.2 Å². The number of ether oxygens (including phenoxy) is 1. The maximum absolute atomic E-state index is 12.0. The second-order valence-electron chi connectivity index (χ2n) is 7.47. The molecule has 0 amide bonds. The second kappa shape index (κ2) is 15.6. The number of carbonyl (C=O) groups is 1. The van der Waals surface area contributed by atoms with Gasteiger partial charge in [0.2, 0.25) is 0 Å². The van der Waals surface area contributed by atoms with Gasteiger partial charge in [-0.25, -0.2) is 0 Å². The molecule has 1 fully saturated rings. The molecule has 1 N–H and O–H groups in total. The van der Waals surface area contributed by atoms with Crippen LogP contribution in [-0.4, -0.2) is 43.3 Å². The van der Waals surface area contributed by atoms with Crippen LogP contribution >= 0.6 is 0 Å². The van der Waals surface area contributed by atoms with E-state index < -0.39 is 0 Å². The lowest BCUT2D eigenvalue weighted by Crippen LogP contribution is -2.53. The molecule has 1 heterocycles. The first kappa shape index (κ1) is 22.4. The summed E-state index contributed by atoms with van der Waals surface area (Å²) in [5.74, 6) is -0.0225. The van der Waals surface area contributed by atoms with Crippen LogP contribution in [0.5, 0.6) is 0 Å². The third-order valence-electron chi connectivity index (χ3n) is 5.06. The van der Waals surface area contributed by atoms with Crippen LogP contribution in [0.3, 0.4) is 0 Å². The first-order valence-corrected chi connectivity index (χ1v) is 10.9. The van der Waals surface area contributed by atoms with Crippen LogP contribution in [0, 0.1) is 0 Å². The minimum absolute atomic E-state index is 0.0225. The number of carbonyl (C=O) groups excluding carboxylic acids is 1. The molecule has 0 spiro atoms. The fraction of sp³-hybridized carbons (Fsp3) is 0.952. The van der Waals surface area contributed by atoms with E-state index >= 15 is 0 Å². The Labute approximate surface area is 156 Å². The van der Waals surface area contributed by atoms with E-state index in [1.54, 1.807) is 0 Å². The first-order valence-electron chi connectivity index (χ1n) is 10.9. The highest BCUT2D eigenvalue weighted by Crippen LogP contribution is 2.13. The Hall–Kier alpha value is -0.610. The van der Waals surface area contributed by atoms with Crippen LogP contribution in [0.15, 0.2) is 0 Å². The van der Waals surface area contributed by atoms with Gasteiger partial charge >= 0.3 is 5.97 Å². The molecule has 0 saturated carbocycles. The number of hydrogen-bond donors (Lipinski definition) is 1. The third kappa shape index (κ3) is 11.6. The molecule has 0 bridgehead atoms. The molecule has 1 rings (SSSR count). The van der Waals surface area contributed by atoms with Crippen molar-refractivity contribution in [3.05, 3.63) is 0 Å².